The molecule has 2 saturated heterocycles. The summed E-state index contributed by atoms with van der Waals surface area (Å²) in [6.45, 7) is 1.71. The summed E-state index contributed by atoms with van der Waals surface area (Å²) in [6.07, 6.45) is 4.55. The van der Waals surface area contributed by atoms with E-state index in [-0.39, 0.29) is 17.5 Å². The molecule has 3 rings (SSSR count). The van der Waals surface area contributed by atoms with Crippen molar-refractivity contribution in [2.24, 2.45) is 5.92 Å². The van der Waals surface area contributed by atoms with Gasteiger partial charge in [-0.2, -0.15) is 11.8 Å². The minimum Gasteiger partial charge on any atom is -0.294 e. The first-order chi connectivity index (χ1) is 8.63. The number of aryl methyl sites for hydroxylation is 1. The van der Waals surface area contributed by atoms with Gasteiger partial charge in [0.2, 0.25) is 0 Å². The van der Waals surface area contributed by atoms with Gasteiger partial charge < -0.3 is 0 Å². The molecule has 3 heteroatoms. The maximum absolute atomic E-state index is 13.2. The summed E-state index contributed by atoms with van der Waals surface area (Å²) >= 11 is 2.06. The van der Waals surface area contributed by atoms with Crippen LogP contribution in [0, 0.1) is 18.7 Å². The Morgan fingerprint density at radius 2 is 1.94 bits per heavy atom. The van der Waals surface area contributed by atoms with Gasteiger partial charge in [-0.25, -0.2) is 4.39 Å². The predicted molar refractivity (Wildman–Crippen MR) is 72.6 cm³/mol. The van der Waals surface area contributed by atoms with Gasteiger partial charge in [-0.1, -0.05) is 0 Å². The molecular formula is C15H17FOS. The predicted octanol–water partition coefficient (Wildman–Crippen LogP) is 3.99. The standard InChI is InChI=1S/C15H17FOS/c1-9-6-10(2-5-14(9)16)15(17)11-7-12-3-4-13(8-11)18-12/h2,5-6,11-13H,3-4,7-8H2,1H3. The van der Waals surface area contributed by atoms with E-state index in [1.807, 2.05) is 0 Å². The van der Waals surface area contributed by atoms with Crippen molar-refractivity contribution in [1.29, 1.82) is 0 Å². The molecule has 2 heterocycles. The van der Waals surface area contributed by atoms with Crippen molar-refractivity contribution < 1.29 is 9.18 Å². The van der Waals surface area contributed by atoms with Gasteiger partial charge in [0.25, 0.3) is 0 Å². The van der Waals surface area contributed by atoms with Crippen LogP contribution in [0.3, 0.4) is 0 Å². The molecule has 2 atom stereocenters. The Hall–Kier alpha value is -0.830. The van der Waals surface area contributed by atoms with Crippen LogP contribution in [-0.4, -0.2) is 16.3 Å². The Morgan fingerprint density at radius 3 is 2.56 bits per heavy atom. The second-order valence-electron chi connectivity index (χ2n) is 5.45. The molecule has 96 valence electrons. The van der Waals surface area contributed by atoms with Crippen LogP contribution in [0.15, 0.2) is 18.2 Å². The van der Waals surface area contributed by atoms with E-state index in [2.05, 4.69) is 11.8 Å². The van der Waals surface area contributed by atoms with Crippen molar-refractivity contribution >= 4 is 17.5 Å². The van der Waals surface area contributed by atoms with Gasteiger partial charge in [-0.05, 0) is 56.4 Å². The van der Waals surface area contributed by atoms with Gasteiger partial charge in [0.1, 0.15) is 5.82 Å². The van der Waals surface area contributed by atoms with Crippen molar-refractivity contribution in [2.75, 3.05) is 0 Å². The smallest absolute Gasteiger partial charge is 0.166 e. The van der Waals surface area contributed by atoms with E-state index in [1.54, 1.807) is 19.1 Å². The summed E-state index contributed by atoms with van der Waals surface area (Å²) in [4.78, 5) is 12.5. The molecule has 0 saturated carbocycles. The highest BCUT2D eigenvalue weighted by atomic mass is 32.2. The number of fused-ring (bicyclic) bond motifs is 2. The van der Waals surface area contributed by atoms with E-state index < -0.39 is 0 Å². The third kappa shape index (κ3) is 2.20. The number of carbonyl (C=O) groups excluding carboxylic acids is 1. The van der Waals surface area contributed by atoms with Crippen LogP contribution in [0.5, 0.6) is 0 Å². The quantitative estimate of drug-likeness (QED) is 0.751. The van der Waals surface area contributed by atoms with E-state index in [1.165, 1.54) is 18.9 Å². The van der Waals surface area contributed by atoms with Crippen molar-refractivity contribution in [3.05, 3.63) is 35.1 Å². The largest absolute Gasteiger partial charge is 0.294 e. The molecule has 0 spiro atoms. The Labute approximate surface area is 111 Å². The lowest BCUT2D eigenvalue weighted by atomic mass is 9.90. The normalized spacial score (nSPS) is 30.4. The molecule has 2 bridgehead atoms. The Kier molecular flexibility index (Phi) is 3.18. The molecular weight excluding hydrogens is 247 g/mol. The molecule has 2 aliphatic heterocycles. The molecule has 1 aromatic carbocycles. The van der Waals surface area contributed by atoms with Crippen LogP contribution in [0.1, 0.15) is 41.6 Å². The number of carbonyl (C=O) groups is 1. The molecule has 1 aromatic rings. The van der Waals surface area contributed by atoms with Crippen molar-refractivity contribution in [1.82, 2.24) is 0 Å². The molecule has 2 fully saturated rings. The molecule has 1 nitrogen and oxygen atoms in total. The lowest BCUT2D eigenvalue weighted by Gasteiger charge is -2.26. The maximum Gasteiger partial charge on any atom is 0.166 e. The number of thioether (sulfide) groups is 1. The van der Waals surface area contributed by atoms with Gasteiger partial charge in [-0.3, -0.25) is 4.79 Å². The van der Waals surface area contributed by atoms with Crippen LogP contribution in [0.25, 0.3) is 0 Å². The third-order valence-electron chi connectivity index (χ3n) is 4.10. The van der Waals surface area contributed by atoms with Crippen molar-refractivity contribution in [2.45, 2.75) is 43.1 Å². The zero-order chi connectivity index (χ0) is 12.7. The fourth-order valence-electron chi connectivity index (χ4n) is 3.11. The van der Waals surface area contributed by atoms with E-state index in [9.17, 15) is 9.18 Å². The van der Waals surface area contributed by atoms with Gasteiger partial charge >= 0.3 is 0 Å². The number of halogens is 1. The molecule has 2 aliphatic rings. The number of rotatable bonds is 2. The topological polar surface area (TPSA) is 17.1 Å². The van der Waals surface area contributed by atoms with Gasteiger partial charge in [0.05, 0.1) is 0 Å². The third-order valence-corrected chi connectivity index (χ3v) is 5.73. The summed E-state index contributed by atoms with van der Waals surface area (Å²) in [5, 5.41) is 1.36. The summed E-state index contributed by atoms with van der Waals surface area (Å²) in [5.41, 5.74) is 1.25. The highest BCUT2D eigenvalue weighted by molar-refractivity contribution is 8.00. The first-order valence-electron chi connectivity index (χ1n) is 6.59. The summed E-state index contributed by atoms with van der Waals surface area (Å²) in [7, 11) is 0. The molecule has 0 aromatic heterocycles. The highest BCUT2D eigenvalue weighted by Gasteiger charge is 2.37. The van der Waals surface area contributed by atoms with E-state index in [4.69, 9.17) is 0 Å². The molecule has 18 heavy (non-hydrogen) atoms. The lowest BCUT2D eigenvalue weighted by Crippen LogP contribution is -2.24. The number of hydrogen-bond acceptors (Lipinski definition) is 2. The molecule has 0 radical (unpaired) electrons. The number of Topliss-reactive ketones (excluding diaryl/α,β-unsaturated/α-hetero) is 1. The monoisotopic (exact) mass is 264 g/mol. The summed E-state index contributed by atoms with van der Waals surface area (Å²) in [5.74, 6) is 0.148. The zero-order valence-corrected chi connectivity index (χ0v) is 11.3. The van der Waals surface area contributed by atoms with Crippen molar-refractivity contribution in [3.63, 3.8) is 0 Å². The molecule has 0 amide bonds. The Bertz CT molecular complexity index is 473. The van der Waals surface area contributed by atoms with Crippen LogP contribution in [-0.2, 0) is 0 Å². The van der Waals surface area contributed by atoms with Crippen LogP contribution < -0.4 is 0 Å². The van der Waals surface area contributed by atoms with Gasteiger partial charge in [-0.15, -0.1) is 0 Å². The minimum absolute atomic E-state index is 0.161. The molecule has 2 unspecified atom stereocenters. The Morgan fingerprint density at radius 1 is 1.28 bits per heavy atom. The first kappa shape index (κ1) is 12.2. The van der Waals surface area contributed by atoms with Crippen LogP contribution in [0.2, 0.25) is 0 Å². The summed E-state index contributed by atoms with van der Waals surface area (Å²) in [6, 6.07) is 4.74. The molecule has 0 aliphatic carbocycles. The van der Waals surface area contributed by atoms with Gasteiger partial charge in [0, 0.05) is 22.0 Å². The fourth-order valence-corrected chi connectivity index (χ4v) is 4.88. The lowest BCUT2D eigenvalue weighted by molar-refractivity contribution is 0.0907. The zero-order valence-electron chi connectivity index (χ0n) is 10.5. The SMILES string of the molecule is Cc1cc(C(=O)C2CC3CCC(C2)S3)ccc1F. The van der Waals surface area contributed by atoms with Crippen LogP contribution in [0.4, 0.5) is 4.39 Å². The second-order valence-corrected chi connectivity index (χ2v) is 7.06. The van der Waals surface area contributed by atoms with Crippen LogP contribution >= 0.6 is 11.8 Å². The number of ketones is 1. The molecule has 0 N–H and O–H groups in total. The number of benzene rings is 1. The maximum atomic E-state index is 13.2. The highest BCUT2D eigenvalue weighted by Crippen LogP contribution is 2.46. The van der Waals surface area contributed by atoms with Crippen molar-refractivity contribution in [3.8, 4) is 0 Å². The number of hydrogen-bond donors (Lipinski definition) is 0. The van der Waals surface area contributed by atoms with Gasteiger partial charge in [0.15, 0.2) is 5.78 Å². The fraction of sp³-hybridized carbons (Fsp3) is 0.533. The minimum atomic E-state index is -0.231. The average Bonchev–Trinajstić information content (AvgIpc) is 2.71. The van der Waals surface area contributed by atoms with E-state index in [0.29, 0.717) is 21.6 Å². The summed E-state index contributed by atoms with van der Waals surface area (Å²) < 4.78 is 13.2. The Balaban J connectivity index is 1.79. The van der Waals surface area contributed by atoms with E-state index in [0.717, 1.165) is 12.8 Å². The average molecular weight is 264 g/mol. The second kappa shape index (κ2) is 4.69. The first-order valence-corrected chi connectivity index (χ1v) is 7.53. The van der Waals surface area contributed by atoms with E-state index >= 15 is 0 Å².